The number of para-hydroxylation sites is 1. The molecule has 0 aliphatic carbocycles. The van der Waals surface area contributed by atoms with Crippen LogP contribution in [0.5, 0.6) is 5.75 Å². The molecule has 0 bridgehead atoms. The molecule has 4 rings (SSSR count). The number of nitrogens with zero attached hydrogens (tertiary/aromatic N) is 3. The molecule has 2 heterocycles. The first-order valence-electron chi connectivity index (χ1n) is 7.85. The van der Waals surface area contributed by atoms with Crippen LogP contribution in [-0.2, 0) is 6.54 Å². The van der Waals surface area contributed by atoms with Crippen LogP contribution in [0.2, 0.25) is 0 Å². The lowest BCUT2D eigenvalue weighted by molar-refractivity contribution is 0.477. The van der Waals surface area contributed by atoms with Gasteiger partial charge in [-0.1, -0.05) is 42.1 Å². The molecule has 0 aliphatic rings. The lowest BCUT2D eigenvalue weighted by atomic mass is 10.2. The van der Waals surface area contributed by atoms with E-state index in [1.807, 2.05) is 53.1 Å². The number of aromatic nitrogens is 3. The predicted molar refractivity (Wildman–Crippen MR) is 98.5 cm³/mol. The predicted octanol–water partition coefficient (Wildman–Crippen LogP) is 3.71. The second-order valence-corrected chi connectivity index (χ2v) is 6.66. The number of hydrogen-bond donors (Lipinski definition) is 2. The maximum atomic E-state index is 10.1. The first kappa shape index (κ1) is 15.7. The molecular formula is C19H16N4OS. The van der Waals surface area contributed by atoms with Crippen molar-refractivity contribution in [1.29, 1.82) is 0 Å². The van der Waals surface area contributed by atoms with E-state index in [1.165, 1.54) is 0 Å². The van der Waals surface area contributed by atoms with Gasteiger partial charge in [0.25, 0.3) is 0 Å². The molecule has 0 amide bonds. The fraction of sp³-hybridized carbons (Fsp3) is 0.0526. The third-order valence-corrected chi connectivity index (χ3v) is 5.04. The van der Waals surface area contributed by atoms with Crippen LogP contribution >= 0.6 is 11.8 Å². The number of fused-ring (bicyclic) bond motifs is 1. The van der Waals surface area contributed by atoms with Gasteiger partial charge in [0.1, 0.15) is 5.75 Å². The highest BCUT2D eigenvalue weighted by atomic mass is 32.2. The van der Waals surface area contributed by atoms with Crippen molar-refractivity contribution in [3.8, 4) is 17.1 Å². The Morgan fingerprint density at radius 1 is 0.960 bits per heavy atom. The Kier molecular flexibility index (Phi) is 4.13. The fourth-order valence-corrected chi connectivity index (χ4v) is 3.65. The van der Waals surface area contributed by atoms with Crippen LogP contribution in [0.3, 0.4) is 0 Å². The van der Waals surface area contributed by atoms with Gasteiger partial charge in [-0.3, -0.25) is 4.40 Å². The van der Waals surface area contributed by atoms with E-state index in [4.69, 9.17) is 5.73 Å². The van der Waals surface area contributed by atoms with Gasteiger partial charge in [0.2, 0.25) is 0 Å². The highest BCUT2D eigenvalue weighted by molar-refractivity contribution is 7.99. The third kappa shape index (κ3) is 2.97. The van der Waals surface area contributed by atoms with Crippen LogP contribution in [0.25, 0.3) is 17.0 Å². The molecule has 2 aromatic carbocycles. The molecule has 25 heavy (non-hydrogen) atoms. The summed E-state index contributed by atoms with van der Waals surface area (Å²) in [6, 6.07) is 19.2. The molecule has 2 aromatic heterocycles. The molecule has 0 saturated heterocycles. The van der Waals surface area contributed by atoms with Crippen LogP contribution in [0.4, 0.5) is 0 Å². The summed E-state index contributed by atoms with van der Waals surface area (Å²) < 4.78 is 1.89. The van der Waals surface area contributed by atoms with Crippen molar-refractivity contribution in [1.82, 2.24) is 14.6 Å². The standard InChI is InChI=1S/C19H16N4OS/c20-11-13-5-1-4-8-17(13)25-14-9-10-18-21-22-19(23(18)12-14)15-6-2-3-7-16(15)24/h1-10,12,24H,11,20H2. The van der Waals surface area contributed by atoms with Crippen molar-refractivity contribution in [3.63, 3.8) is 0 Å². The van der Waals surface area contributed by atoms with Gasteiger partial charge in [-0.25, -0.2) is 0 Å². The topological polar surface area (TPSA) is 76.4 Å². The molecule has 5 nitrogen and oxygen atoms in total. The Bertz CT molecular complexity index is 1040. The lowest BCUT2D eigenvalue weighted by Crippen LogP contribution is -1.97. The van der Waals surface area contributed by atoms with Gasteiger partial charge in [-0.15, -0.1) is 10.2 Å². The van der Waals surface area contributed by atoms with Crippen molar-refractivity contribution in [2.45, 2.75) is 16.3 Å². The molecule has 6 heteroatoms. The number of benzene rings is 2. The molecule has 4 aromatic rings. The van der Waals surface area contributed by atoms with Crippen molar-refractivity contribution in [3.05, 3.63) is 72.4 Å². The minimum absolute atomic E-state index is 0.184. The summed E-state index contributed by atoms with van der Waals surface area (Å²) >= 11 is 1.65. The molecule has 124 valence electrons. The van der Waals surface area contributed by atoms with Gasteiger partial charge < -0.3 is 10.8 Å². The van der Waals surface area contributed by atoms with Crippen LogP contribution in [0.15, 0.2) is 76.7 Å². The van der Waals surface area contributed by atoms with Gasteiger partial charge in [-0.05, 0) is 35.9 Å². The minimum Gasteiger partial charge on any atom is -0.507 e. The molecule has 0 spiro atoms. The summed E-state index contributed by atoms with van der Waals surface area (Å²) in [5.74, 6) is 0.797. The van der Waals surface area contributed by atoms with Gasteiger partial charge >= 0.3 is 0 Å². The molecule has 0 radical (unpaired) electrons. The van der Waals surface area contributed by atoms with Gasteiger partial charge in [-0.2, -0.15) is 0 Å². The molecule has 0 aliphatic heterocycles. The Morgan fingerprint density at radius 2 is 1.76 bits per heavy atom. The number of rotatable bonds is 4. The van der Waals surface area contributed by atoms with E-state index in [-0.39, 0.29) is 5.75 Å². The van der Waals surface area contributed by atoms with Crippen LogP contribution in [0, 0.1) is 0 Å². The van der Waals surface area contributed by atoms with E-state index in [9.17, 15) is 5.11 Å². The molecule has 0 atom stereocenters. The van der Waals surface area contributed by atoms with Gasteiger partial charge in [0, 0.05) is 22.5 Å². The minimum atomic E-state index is 0.184. The largest absolute Gasteiger partial charge is 0.507 e. The summed E-state index contributed by atoms with van der Waals surface area (Å²) in [4.78, 5) is 2.17. The number of phenolic OH excluding ortho intramolecular Hbond substituents is 1. The Hall–Kier alpha value is -2.83. The maximum Gasteiger partial charge on any atom is 0.172 e. The highest BCUT2D eigenvalue weighted by Crippen LogP contribution is 2.32. The zero-order valence-electron chi connectivity index (χ0n) is 13.3. The number of phenols is 1. The summed E-state index contributed by atoms with van der Waals surface area (Å²) in [7, 11) is 0. The first-order chi connectivity index (χ1) is 12.3. The average Bonchev–Trinajstić information content (AvgIpc) is 3.06. The summed E-state index contributed by atoms with van der Waals surface area (Å²) in [5.41, 5.74) is 8.32. The van der Waals surface area contributed by atoms with Crippen LogP contribution in [0.1, 0.15) is 5.56 Å². The maximum absolute atomic E-state index is 10.1. The van der Waals surface area contributed by atoms with E-state index in [0.29, 0.717) is 17.9 Å². The van der Waals surface area contributed by atoms with Crippen molar-refractivity contribution >= 4 is 17.4 Å². The van der Waals surface area contributed by atoms with Gasteiger partial charge in [0.05, 0.1) is 5.56 Å². The highest BCUT2D eigenvalue weighted by Gasteiger charge is 2.12. The molecule has 0 unspecified atom stereocenters. The number of aromatic hydroxyl groups is 1. The van der Waals surface area contributed by atoms with Crippen molar-refractivity contribution < 1.29 is 5.11 Å². The smallest absolute Gasteiger partial charge is 0.172 e. The second kappa shape index (κ2) is 6.58. The quantitative estimate of drug-likeness (QED) is 0.588. The fourth-order valence-electron chi connectivity index (χ4n) is 2.68. The first-order valence-corrected chi connectivity index (χ1v) is 8.67. The normalized spacial score (nSPS) is 11.1. The molecular weight excluding hydrogens is 332 g/mol. The Balaban J connectivity index is 1.78. The van der Waals surface area contributed by atoms with Crippen molar-refractivity contribution in [2.75, 3.05) is 0 Å². The van der Waals surface area contributed by atoms with Crippen LogP contribution in [-0.4, -0.2) is 19.7 Å². The zero-order chi connectivity index (χ0) is 17.2. The van der Waals surface area contributed by atoms with Gasteiger partial charge in [0.15, 0.2) is 11.5 Å². The summed E-state index contributed by atoms with van der Waals surface area (Å²) in [6.45, 7) is 0.501. The van der Waals surface area contributed by atoms with Crippen LogP contribution < -0.4 is 5.73 Å². The molecule has 0 fully saturated rings. The Morgan fingerprint density at radius 3 is 2.60 bits per heavy atom. The van der Waals surface area contributed by atoms with Crippen molar-refractivity contribution in [2.24, 2.45) is 5.73 Å². The zero-order valence-corrected chi connectivity index (χ0v) is 14.1. The monoisotopic (exact) mass is 348 g/mol. The van der Waals surface area contributed by atoms with E-state index < -0.39 is 0 Å². The lowest BCUT2D eigenvalue weighted by Gasteiger charge is -2.08. The summed E-state index contributed by atoms with van der Waals surface area (Å²) in [5, 5.41) is 18.5. The van der Waals surface area contributed by atoms with E-state index in [0.717, 1.165) is 21.0 Å². The number of pyridine rings is 1. The summed E-state index contributed by atoms with van der Waals surface area (Å²) in [6.07, 6.45) is 1.98. The third-order valence-electron chi connectivity index (χ3n) is 3.94. The SMILES string of the molecule is NCc1ccccc1Sc1ccc2nnc(-c3ccccc3O)n2c1. The molecule has 0 saturated carbocycles. The number of hydrogen-bond acceptors (Lipinski definition) is 5. The average molecular weight is 348 g/mol. The van der Waals surface area contributed by atoms with E-state index in [2.05, 4.69) is 16.3 Å². The molecule has 3 N–H and O–H groups in total. The van der Waals surface area contributed by atoms with E-state index >= 15 is 0 Å². The Labute approximate surface area is 149 Å². The van der Waals surface area contributed by atoms with E-state index in [1.54, 1.807) is 23.9 Å². The second-order valence-electron chi connectivity index (χ2n) is 5.55. The number of nitrogens with two attached hydrogens (primary N) is 1.